The smallest absolute Gasteiger partial charge is 0.329 e. The standard InChI is InChI=1S/C21H30N2O4/c1-5-8-9-16(6-2)15-21(4,20(26)27)22-18(24)14-17-10-12-23(13-11-17)19(25)7-3/h5-9,17H,2-3,10-15H2,1,4H3,(H,22,24)(H,26,27)/b8-5-,16-9+. The van der Waals surface area contributed by atoms with Crippen LogP contribution in [0.2, 0.25) is 0 Å². The van der Waals surface area contributed by atoms with Crippen LogP contribution in [0.5, 0.6) is 0 Å². The summed E-state index contributed by atoms with van der Waals surface area (Å²) in [5.74, 6) is -1.34. The largest absolute Gasteiger partial charge is 0.480 e. The van der Waals surface area contributed by atoms with Crippen LogP contribution in [0, 0.1) is 5.92 Å². The van der Waals surface area contributed by atoms with E-state index in [9.17, 15) is 19.5 Å². The minimum atomic E-state index is -1.40. The van der Waals surface area contributed by atoms with E-state index in [2.05, 4.69) is 18.5 Å². The lowest BCUT2D eigenvalue weighted by Crippen LogP contribution is -2.53. The summed E-state index contributed by atoms with van der Waals surface area (Å²) >= 11 is 0. The van der Waals surface area contributed by atoms with Gasteiger partial charge in [-0.15, -0.1) is 0 Å². The van der Waals surface area contributed by atoms with Crippen LogP contribution in [0.3, 0.4) is 0 Å². The van der Waals surface area contributed by atoms with Gasteiger partial charge in [-0.25, -0.2) is 4.79 Å². The van der Waals surface area contributed by atoms with Crippen LogP contribution < -0.4 is 5.32 Å². The van der Waals surface area contributed by atoms with E-state index < -0.39 is 11.5 Å². The number of carbonyl (C=O) groups is 3. The Bertz CT molecular complexity index is 643. The fraction of sp³-hybridized carbons (Fsp3) is 0.476. The zero-order chi connectivity index (χ0) is 20.4. The van der Waals surface area contributed by atoms with Gasteiger partial charge in [0.25, 0.3) is 0 Å². The number of rotatable bonds is 9. The lowest BCUT2D eigenvalue weighted by atomic mass is 9.90. The van der Waals surface area contributed by atoms with Crippen LogP contribution in [0.1, 0.15) is 39.5 Å². The van der Waals surface area contributed by atoms with E-state index in [1.165, 1.54) is 13.0 Å². The van der Waals surface area contributed by atoms with Crippen LogP contribution in [0.15, 0.2) is 49.1 Å². The molecule has 0 aliphatic carbocycles. The number of nitrogens with one attached hydrogen (secondary N) is 1. The molecule has 1 unspecified atom stereocenters. The molecule has 2 amide bonds. The van der Waals surface area contributed by atoms with E-state index in [0.29, 0.717) is 13.1 Å². The zero-order valence-corrected chi connectivity index (χ0v) is 16.2. The first-order chi connectivity index (χ1) is 12.8. The summed E-state index contributed by atoms with van der Waals surface area (Å²) in [6, 6.07) is 0. The normalized spacial score (nSPS) is 18.0. The fourth-order valence-electron chi connectivity index (χ4n) is 3.11. The number of amides is 2. The molecule has 148 valence electrons. The van der Waals surface area contributed by atoms with Gasteiger partial charge in [0.2, 0.25) is 11.8 Å². The average Bonchev–Trinajstić information content (AvgIpc) is 2.64. The van der Waals surface area contributed by atoms with Crippen LogP contribution in [-0.2, 0) is 14.4 Å². The summed E-state index contributed by atoms with van der Waals surface area (Å²) in [6.45, 7) is 11.7. The highest BCUT2D eigenvalue weighted by Crippen LogP contribution is 2.23. The number of hydrogen-bond acceptors (Lipinski definition) is 3. The van der Waals surface area contributed by atoms with Gasteiger partial charge in [-0.3, -0.25) is 9.59 Å². The Hall–Kier alpha value is -2.63. The molecule has 0 saturated carbocycles. The van der Waals surface area contributed by atoms with Crippen molar-refractivity contribution in [3.05, 3.63) is 49.1 Å². The van der Waals surface area contributed by atoms with Gasteiger partial charge in [-0.1, -0.05) is 37.5 Å². The first-order valence-corrected chi connectivity index (χ1v) is 9.15. The maximum Gasteiger partial charge on any atom is 0.329 e. The van der Waals surface area contributed by atoms with Gasteiger partial charge in [0.15, 0.2) is 0 Å². The molecule has 1 aliphatic heterocycles. The number of piperidine rings is 1. The first-order valence-electron chi connectivity index (χ1n) is 9.15. The molecular formula is C21H30N2O4. The predicted molar refractivity (Wildman–Crippen MR) is 106 cm³/mol. The second-order valence-electron chi connectivity index (χ2n) is 7.01. The fourth-order valence-corrected chi connectivity index (χ4v) is 3.11. The number of nitrogens with zero attached hydrogens (tertiary/aromatic N) is 1. The number of allylic oxidation sites excluding steroid dienone is 4. The second-order valence-corrected chi connectivity index (χ2v) is 7.01. The predicted octanol–water partition coefficient (Wildman–Crippen LogP) is 2.84. The van der Waals surface area contributed by atoms with Gasteiger partial charge in [-0.2, -0.15) is 0 Å². The Morgan fingerprint density at radius 3 is 2.33 bits per heavy atom. The van der Waals surface area contributed by atoms with Crippen molar-refractivity contribution < 1.29 is 19.5 Å². The zero-order valence-electron chi connectivity index (χ0n) is 16.2. The molecule has 0 aromatic carbocycles. The molecule has 1 rings (SSSR count). The van der Waals surface area contributed by atoms with Crippen LogP contribution >= 0.6 is 0 Å². The maximum absolute atomic E-state index is 12.5. The molecule has 0 aromatic rings. The summed E-state index contributed by atoms with van der Waals surface area (Å²) in [4.78, 5) is 37.6. The first kappa shape index (κ1) is 22.4. The third-order valence-electron chi connectivity index (χ3n) is 4.78. The minimum absolute atomic E-state index is 0.0961. The molecule has 27 heavy (non-hydrogen) atoms. The van der Waals surface area contributed by atoms with E-state index in [0.717, 1.165) is 18.4 Å². The Labute approximate surface area is 161 Å². The quantitative estimate of drug-likeness (QED) is 0.480. The number of carboxylic acids is 1. The molecule has 6 heteroatoms. The molecule has 6 nitrogen and oxygen atoms in total. The summed E-state index contributed by atoms with van der Waals surface area (Å²) < 4.78 is 0. The van der Waals surface area contributed by atoms with Gasteiger partial charge in [-0.05, 0) is 44.3 Å². The average molecular weight is 374 g/mol. The molecule has 0 aromatic heterocycles. The molecule has 1 heterocycles. The highest BCUT2D eigenvalue weighted by atomic mass is 16.4. The van der Waals surface area contributed by atoms with Crippen LogP contribution in [0.25, 0.3) is 0 Å². The second kappa shape index (κ2) is 10.5. The third-order valence-corrected chi connectivity index (χ3v) is 4.78. The molecule has 1 saturated heterocycles. The number of hydrogen-bond donors (Lipinski definition) is 2. The van der Waals surface area contributed by atoms with E-state index in [-0.39, 0.29) is 30.6 Å². The minimum Gasteiger partial charge on any atom is -0.480 e. The van der Waals surface area contributed by atoms with Crippen molar-refractivity contribution in [3.8, 4) is 0 Å². The van der Waals surface area contributed by atoms with Crippen molar-refractivity contribution in [2.24, 2.45) is 5.92 Å². The van der Waals surface area contributed by atoms with Crippen molar-refractivity contribution in [2.45, 2.75) is 45.1 Å². The van der Waals surface area contributed by atoms with E-state index in [1.54, 1.807) is 23.1 Å². The summed E-state index contributed by atoms with van der Waals surface area (Å²) in [5.41, 5.74) is -0.674. The van der Waals surface area contributed by atoms with Crippen LogP contribution in [0.4, 0.5) is 0 Å². The van der Waals surface area contributed by atoms with Crippen LogP contribution in [-0.4, -0.2) is 46.4 Å². The number of carbonyl (C=O) groups excluding carboxylic acids is 2. The molecule has 1 atom stereocenters. The monoisotopic (exact) mass is 374 g/mol. The summed E-state index contributed by atoms with van der Waals surface area (Å²) in [7, 11) is 0. The highest BCUT2D eigenvalue weighted by molar-refractivity contribution is 5.88. The molecular weight excluding hydrogens is 344 g/mol. The highest BCUT2D eigenvalue weighted by Gasteiger charge is 2.36. The van der Waals surface area contributed by atoms with Gasteiger partial charge in [0.05, 0.1) is 0 Å². The number of carboxylic acid groups (broad SMARTS) is 1. The molecule has 0 bridgehead atoms. The lowest BCUT2D eigenvalue weighted by Gasteiger charge is -2.32. The summed E-state index contributed by atoms with van der Waals surface area (Å²) in [6.07, 6.45) is 10.2. The third kappa shape index (κ3) is 6.89. The SMILES string of the molecule is C=CC(=O)N1CCC(CC(=O)NC(C)(C/C(C=C)=C/C=C\C)C(=O)O)CC1. The summed E-state index contributed by atoms with van der Waals surface area (Å²) in [5, 5.41) is 12.3. The van der Waals surface area contributed by atoms with Crippen molar-refractivity contribution in [1.82, 2.24) is 10.2 Å². The Balaban J connectivity index is 2.68. The number of aliphatic carboxylic acids is 1. The van der Waals surface area contributed by atoms with Gasteiger partial charge in [0, 0.05) is 25.9 Å². The Morgan fingerprint density at radius 2 is 1.85 bits per heavy atom. The Morgan fingerprint density at radius 1 is 1.22 bits per heavy atom. The molecule has 0 radical (unpaired) electrons. The lowest BCUT2D eigenvalue weighted by molar-refractivity contribution is -0.147. The molecule has 1 aliphatic rings. The van der Waals surface area contributed by atoms with E-state index in [4.69, 9.17) is 0 Å². The molecule has 2 N–H and O–H groups in total. The van der Waals surface area contributed by atoms with Crippen molar-refractivity contribution in [2.75, 3.05) is 13.1 Å². The topological polar surface area (TPSA) is 86.7 Å². The molecule has 0 spiro atoms. The maximum atomic E-state index is 12.5. The van der Waals surface area contributed by atoms with Crippen molar-refractivity contribution >= 4 is 17.8 Å². The van der Waals surface area contributed by atoms with Gasteiger partial charge >= 0.3 is 5.97 Å². The van der Waals surface area contributed by atoms with Gasteiger partial charge < -0.3 is 15.3 Å². The number of likely N-dealkylation sites (tertiary alicyclic amines) is 1. The van der Waals surface area contributed by atoms with Crippen molar-refractivity contribution in [1.29, 1.82) is 0 Å². The van der Waals surface area contributed by atoms with E-state index in [1.807, 2.05) is 13.0 Å². The van der Waals surface area contributed by atoms with Gasteiger partial charge in [0.1, 0.15) is 5.54 Å². The van der Waals surface area contributed by atoms with Crippen molar-refractivity contribution in [3.63, 3.8) is 0 Å². The Kier molecular flexibility index (Phi) is 8.72. The van der Waals surface area contributed by atoms with E-state index >= 15 is 0 Å². The molecule has 1 fully saturated rings.